The largest absolute Gasteiger partial charge is 0.450 e. The second kappa shape index (κ2) is 9.40. The number of benzene rings is 2. The molecule has 5 nitrogen and oxygen atoms in total. The summed E-state index contributed by atoms with van der Waals surface area (Å²) in [6.45, 7) is 4.07. The summed E-state index contributed by atoms with van der Waals surface area (Å²) < 4.78 is 10.9. The Kier molecular flexibility index (Phi) is 7.24. The van der Waals surface area contributed by atoms with E-state index in [1.807, 2.05) is 32.2 Å². The van der Waals surface area contributed by atoms with Crippen molar-refractivity contribution in [2.24, 2.45) is 5.92 Å². The van der Waals surface area contributed by atoms with E-state index < -0.39 is 22.2 Å². The van der Waals surface area contributed by atoms with Crippen molar-refractivity contribution in [2.45, 2.75) is 13.8 Å². The molecule has 2 aromatic rings. The third-order valence-electron chi connectivity index (χ3n) is 3.42. The zero-order valence-electron chi connectivity index (χ0n) is 15.2. The van der Waals surface area contributed by atoms with E-state index in [0.717, 1.165) is 0 Å². The van der Waals surface area contributed by atoms with Crippen molar-refractivity contribution < 1.29 is 23.5 Å². The molecule has 0 bridgehead atoms. The van der Waals surface area contributed by atoms with Gasteiger partial charge in [0.1, 0.15) is 5.94 Å². The lowest BCUT2D eigenvalue weighted by Crippen LogP contribution is -2.21. The van der Waals surface area contributed by atoms with Crippen molar-refractivity contribution in [3.05, 3.63) is 71.8 Å². The van der Waals surface area contributed by atoms with Gasteiger partial charge in [-0.2, -0.15) is 0 Å². The molecule has 0 saturated heterocycles. The molecule has 0 amide bonds. The summed E-state index contributed by atoms with van der Waals surface area (Å²) in [4.78, 5) is 29.3. The first-order chi connectivity index (χ1) is 12.4. The lowest BCUT2D eigenvalue weighted by molar-refractivity contribution is -0.139. The van der Waals surface area contributed by atoms with Crippen LogP contribution in [0.1, 0.15) is 34.6 Å². The predicted octanol–water partition coefficient (Wildman–Crippen LogP) is 4.59. The average Bonchev–Trinajstić information content (AvgIpc) is 2.65. The number of carbonyl (C=O) groups excluding carboxylic acids is 2. The van der Waals surface area contributed by atoms with Crippen LogP contribution < -0.4 is 0 Å². The molecular weight excluding hydrogens is 352 g/mol. The topological polar surface area (TPSA) is 61.8 Å². The van der Waals surface area contributed by atoms with Crippen LogP contribution in [0, 0.1) is 5.92 Å². The van der Waals surface area contributed by atoms with Crippen molar-refractivity contribution in [3.8, 4) is 0 Å². The first-order valence-electron chi connectivity index (χ1n) is 8.31. The molecule has 140 valence electrons. The molecule has 26 heavy (non-hydrogen) atoms. The SMILES string of the molecule is CC(C)CS(C)(COC(=O)c1ccccc1)OOC(=O)c1ccccc1. The van der Waals surface area contributed by atoms with E-state index in [1.165, 1.54) is 0 Å². The molecule has 0 aliphatic rings. The van der Waals surface area contributed by atoms with Crippen LogP contribution >= 0.6 is 10.3 Å². The highest BCUT2D eigenvalue weighted by molar-refractivity contribution is 8.29. The standard InChI is InChI=1S/C20H24O5S/c1-16(2)14-26(3,15-23-19(21)17-10-6-4-7-11-17)25-24-20(22)18-12-8-5-9-13-18/h4-13,16H,14-15H2,1-3H3. The number of rotatable bonds is 8. The highest BCUT2D eigenvalue weighted by Gasteiger charge is 2.27. The normalized spacial score (nSPS) is 14.3. The Balaban J connectivity index is 1.97. The van der Waals surface area contributed by atoms with Gasteiger partial charge in [-0.15, -0.1) is 4.33 Å². The van der Waals surface area contributed by atoms with Crippen molar-refractivity contribution in [1.82, 2.24) is 0 Å². The average molecular weight is 376 g/mol. The van der Waals surface area contributed by atoms with Crippen LogP contribution in [0.5, 0.6) is 0 Å². The third kappa shape index (κ3) is 6.20. The number of ether oxygens (including phenoxy) is 1. The maximum atomic E-state index is 12.2. The van der Waals surface area contributed by atoms with Gasteiger partial charge in [-0.05, 0) is 36.4 Å². The Bertz CT molecular complexity index is 660. The van der Waals surface area contributed by atoms with Gasteiger partial charge in [0.25, 0.3) is 0 Å². The molecule has 0 N–H and O–H groups in total. The van der Waals surface area contributed by atoms with Crippen LogP contribution in [-0.4, -0.2) is 29.9 Å². The van der Waals surface area contributed by atoms with E-state index in [-0.39, 0.29) is 5.94 Å². The van der Waals surface area contributed by atoms with E-state index in [9.17, 15) is 9.59 Å². The molecule has 0 aliphatic carbocycles. The van der Waals surface area contributed by atoms with Crippen LogP contribution in [-0.2, 0) is 14.0 Å². The maximum absolute atomic E-state index is 12.2. The molecule has 0 spiro atoms. The molecule has 0 fully saturated rings. The number of esters is 1. The quantitative estimate of drug-likeness (QED) is 0.383. The second-order valence-electron chi connectivity index (χ2n) is 6.46. The molecule has 0 saturated carbocycles. The lowest BCUT2D eigenvalue weighted by Gasteiger charge is -2.33. The summed E-state index contributed by atoms with van der Waals surface area (Å²) in [7, 11) is -1.93. The van der Waals surface area contributed by atoms with Crippen molar-refractivity contribution >= 4 is 22.2 Å². The van der Waals surface area contributed by atoms with E-state index in [0.29, 0.717) is 22.8 Å². The van der Waals surface area contributed by atoms with Gasteiger partial charge in [-0.25, -0.2) is 9.59 Å². The fourth-order valence-corrected chi connectivity index (χ4v) is 4.56. The van der Waals surface area contributed by atoms with Gasteiger partial charge in [-0.1, -0.05) is 60.6 Å². The molecule has 0 radical (unpaired) electrons. The Morgan fingerprint density at radius 3 is 1.88 bits per heavy atom. The summed E-state index contributed by atoms with van der Waals surface area (Å²) in [5.41, 5.74) is 0.875. The van der Waals surface area contributed by atoms with Crippen LogP contribution in [0.25, 0.3) is 0 Å². The summed E-state index contributed by atoms with van der Waals surface area (Å²) >= 11 is 0. The molecule has 0 aromatic heterocycles. The Morgan fingerprint density at radius 1 is 0.885 bits per heavy atom. The summed E-state index contributed by atoms with van der Waals surface area (Å²) in [5, 5.41) is 0. The molecule has 6 heteroatoms. The number of hydrogen-bond donors (Lipinski definition) is 0. The number of carbonyl (C=O) groups is 2. The molecular formula is C20H24O5S. The van der Waals surface area contributed by atoms with Gasteiger partial charge >= 0.3 is 11.9 Å². The Labute approximate surface area is 155 Å². The van der Waals surface area contributed by atoms with Crippen LogP contribution in [0.15, 0.2) is 60.7 Å². The lowest BCUT2D eigenvalue weighted by atomic mass is 10.2. The minimum atomic E-state index is -1.93. The smallest absolute Gasteiger partial charge is 0.374 e. The predicted molar refractivity (Wildman–Crippen MR) is 103 cm³/mol. The first-order valence-corrected chi connectivity index (χ1v) is 10.6. The van der Waals surface area contributed by atoms with Crippen LogP contribution in [0.4, 0.5) is 0 Å². The summed E-state index contributed by atoms with van der Waals surface area (Å²) in [6.07, 6.45) is 1.84. The minimum absolute atomic E-state index is 0.0565. The van der Waals surface area contributed by atoms with Crippen molar-refractivity contribution in [1.29, 1.82) is 0 Å². The van der Waals surface area contributed by atoms with Gasteiger partial charge in [0.2, 0.25) is 0 Å². The van der Waals surface area contributed by atoms with E-state index in [2.05, 4.69) is 0 Å². The molecule has 0 aliphatic heterocycles. The molecule has 1 atom stereocenters. The molecule has 1 unspecified atom stereocenters. The van der Waals surface area contributed by atoms with Gasteiger partial charge < -0.3 is 4.74 Å². The van der Waals surface area contributed by atoms with Crippen molar-refractivity contribution in [3.63, 3.8) is 0 Å². The first kappa shape index (κ1) is 20.0. The second-order valence-corrected chi connectivity index (χ2v) is 9.54. The summed E-state index contributed by atoms with van der Waals surface area (Å²) in [6, 6.07) is 17.4. The van der Waals surface area contributed by atoms with Crippen LogP contribution in [0.3, 0.4) is 0 Å². The van der Waals surface area contributed by atoms with Gasteiger partial charge in [0, 0.05) is 5.75 Å². The van der Waals surface area contributed by atoms with Gasteiger partial charge in [0.15, 0.2) is 0 Å². The van der Waals surface area contributed by atoms with Gasteiger partial charge in [0.05, 0.1) is 11.1 Å². The highest BCUT2D eigenvalue weighted by Crippen LogP contribution is 2.47. The van der Waals surface area contributed by atoms with E-state index in [1.54, 1.807) is 48.5 Å². The summed E-state index contributed by atoms with van der Waals surface area (Å²) in [5.74, 6) is -0.00706. The van der Waals surface area contributed by atoms with Crippen molar-refractivity contribution in [2.75, 3.05) is 17.9 Å². The molecule has 2 aromatic carbocycles. The number of hydrogen-bond acceptors (Lipinski definition) is 5. The fraction of sp³-hybridized carbons (Fsp3) is 0.300. The highest BCUT2D eigenvalue weighted by atomic mass is 32.3. The minimum Gasteiger partial charge on any atom is -0.450 e. The molecule has 2 rings (SSSR count). The maximum Gasteiger partial charge on any atom is 0.374 e. The van der Waals surface area contributed by atoms with Crippen LogP contribution in [0.2, 0.25) is 0 Å². The molecule has 0 heterocycles. The van der Waals surface area contributed by atoms with Gasteiger partial charge in [-0.3, -0.25) is 4.89 Å². The van der Waals surface area contributed by atoms with E-state index >= 15 is 0 Å². The van der Waals surface area contributed by atoms with E-state index in [4.69, 9.17) is 14.0 Å². The monoisotopic (exact) mass is 376 g/mol. The Morgan fingerprint density at radius 2 is 1.38 bits per heavy atom. The zero-order chi connectivity index (χ0) is 19.0. The third-order valence-corrected chi connectivity index (χ3v) is 5.80. The Hall–Kier alpha value is -2.31. The fourth-order valence-electron chi connectivity index (χ4n) is 2.37. The zero-order valence-corrected chi connectivity index (χ0v) is 16.0.